The maximum Gasteiger partial charge on any atom is 0.227 e. The van der Waals surface area contributed by atoms with E-state index < -0.39 is 0 Å². The van der Waals surface area contributed by atoms with Gasteiger partial charge in [-0.05, 0) is 34.9 Å². The predicted molar refractivity (Wildman–Crippen MR) is 95.0 cm³/mol. The summed E-state index contributed by atoms with van der Waals surface area (Å²) in [5.74, 6) is 0.305. The summed E-state index contributed by atoms with van der Waals surface area (Å²) in [4.78, 5) is 14.3. The number of hydrogen-bond acceptors (Lipinski definition) is 1. The molecular weight excluding hydrogens is 282 g/mol. The number of rotatable bonds is 1. The van der Waals surface area contributed by atoms with Crippen molar-refractivity contribution in [2.45, 2.75) is 19.3 Å². The van der Waals surface area contributed by atoms with Crippen molar-refractivity contribution < 1.29 is 4.79 Å². The minimum atomic E-state index is 0.125. The number of benzene rings is 3. The average Bonchev–Trinajstić information content (AvgIpc) is 2.57. The molecule has 1 aliphatic rings. The topological polar surface area (TPSA) is 20.3 Å². The minimum absolute atomic E-state index is 0.125. The zero-order chi connectivity index (χ0) is 16.0. The summed E-state index contributed by atoms with van der Waals surface area (Å²) in [5, 5.41) is 2.47. The van der Waals surface area contributed by atoms with Crippen LogP contribution in [-0.4, -0.2) is 13.0 Å². The summed E-state index contributed by atoms with van der Waals surface area (Å²) in [7, 11) is 1.88. The minimum Gasteiger partial charge on any atom is -0.315 e. The molecule has 0 bridgehead atoms. The van der Waals surface area contributed by atoms with E-state index in [1.54, 1.807) is 4.90 Å². The van der Waals surface area contributed by atoms with Crippen LogP contribution in [0.15, 0.2) is 60.7 Å². The monoisotopic (exact) mass is 301 g/mol. The quantitative estimate of drug-likeness (QED) is 0.641. The van der Waals surface area contributed by atoms with Crippen LogP contribution in [0.3, 0.4) is 0 Å². The van der Waals surface area contributed by atoms with Crippen molar-refractivity contribution in [1.82, 2.24) is 0 Å². The van der Waals surface area contributed by atoms with Crippen LogP contribution in [0.2, 0.25) is 0 Å². The van der Waals surface area contributed by atoms with E-state index in [1.807, 2.05) is 7.05 Å². The molecule has 0 saturated carbocycles. The third kappa shape index (κ3) is 2.22. The Morgan fingerprint density at radius 3 is 2.65 bits per heavy atom. The first-order valence-electron chi connectivity index (χ1n) is 8.00. The molecule has 0 fully saturated rings. The van der Waals surface area contributed by atoms with E-state index in [0.717, 1.165) is 5.69 Å². The van der Waals surface area contributed by atoms with E-state index in [4.69, 9.17) is 0 Å². The third-order valence-electron chi connectivity index (χ3n) is 4.85. The molecule has 3 aromatic rings. The van der Waals surface area contributed by atoms with Gasteiger partial charge in [-0.25, -0.2) is 0 Å². The van der Waals surface area contributed by atoms with Crippen molar-refractivity contribution in [3.63, 3.8) is 0 Å². The van der Waals surface area contributed by atoms with Crippen molar-refractivity contribution in [3.05, 3.63) is 77.4 Å². The van der Waals surface area contributed by atoms with Gasteiger partial charge in [0.05, 0.1) is 0 Å². The Hall–Kier alpha value is -2.61. The molecule has 1 atom stereocenters. The number of carbonyl (C=O) groups excluding carboxylic acids is 1. The second-order valence-electron chi connectivity index (χ2n) is 6.34. The number of carbonyl (C=O) groups is 1. The molecular formula is C21H19NO. The first kappa shape index (κ1) is 14.0. The molecule has 1 heterocycles. The predicted octanol–water partition coefficient (Wildman–Crippen LogP) is 4.65. The number of amides is 1. The Labute approximate surface area is 136 Å². The molecule has 1 unspecified atom stereocenters. The lowest BCUT2D eigenvalue weighted by Gasteiger charge is -2.33. The molecule has 2 heteroatoms. The maximum absolute atomic E-state index is 12.5. The molecule has 23 heavy (non-hydrogen) atoms. The summed E-state index contributed by atoms with van der Waals surface area (Å²) in [6.07, 6.45) is 0.529. The van der Waals surface area contributed by atoms with Gasteiger partial charge in [0.15, 0.2) is 0 Å². The van der Waals surface area contributed by atoms with Crippen molar-refractivity contribution in [2.75, 3.05) is 11.9 Å². The fourth-order valence-corrected chi connectivity index (χ4v) is 3.66. The molecule has 0 spiro atoms. The van der Waals surface area contributed by atoms with Crippen molar-refractivity contribution in [1.29, 1.82) is 0 Å². The number of fused-ring (bicyclic) bond motifs is 3. The van der Waals surface area contributed by atoms with Gasteiger partial charge in [-0.1, -0.05) is 60.2 Å². The zero-order valence-corrected chi connectivity index (χ0v) is 13.4. The van der Waals surface area contributed by atoms with Gasteiger partial charge in [-0.3, -0.25) is 4.79 Å². The Morgan fingerprint density at radius 2 is 1.83 bits per heavy atom. The first-order chi connectivity index (χ1) is 11.1. The van der Waals surface area contributed by atoms with Crippen LogP contribution >= 0.6 is 0 Å². The lowest BCUT2D eigenvalue weighted by atomic mass is 9.81. The van der Waals surface area contributed by atoms with Crippen LogP contribution in [0.4, 0.5) is 5.69 Å². The standard InChI is InChI=1S/C21H19NO/c1-14-6-5-8-16(12-14)18-13-20(23)22(2)19-11-10-15-7-3-4-9-17(15)21(18)19/h3-12,18H,13H2,1-2H3. The van der Waals surface area contributed by atoms with E-state index in [-0.39, 0.29) is 11.8 Å². The van der Waals surface area contributed by atoms with Crippen molar-refractivity contribution in [3.8, 4) is 0 Å². The van der Waals surface area contributed by atoms with Gasteiger partial charge in [-0.2, -0.15) is 0 Å². The Bertz CT molecular complexity index is 913. The molecule has 1 amide bonds. The molecule has 2 nitrogen and oxygen atoms in total. The van der Waals surface area contributed by atoms with Crippen LogP contribution in [0.1, 0.15) is 29.0 Å². The molecule has 0 saturated heterocycles. The molecule has 0 radical (unpaired) electrons. The fraction of sp³-hybridized carbons (Fsp3) is 0.190. The van der Waals surface area contributed by atoms with Gasteiger partial charge in [0.1, 0.15) is 0 Å². The summed E-state index contributed by atoms with van der Waals surface area (Å²) in [6.45, 7) is 2.10. The van der Waals surface area contributed by atoms with Crippen LogP contribution in [0.25, 0.3) is 10.8 Å². The smallest absolute Gasteiger partial charge is 0.227 e. The van der Waals surface area contributed by atoms with Gasteiger partial charge in [-0.15, -0.1) is 0 Å². The average molecular weight is 301 g/mol. The second kappa shape index (κ2) is 5.24. The highest BCUT2D eigenvalue weighted by atomic mass is 16.2. The third-order valence-corrected chi connectivity index (χ3v) is 4.85. The van der Waals surface area contributed by atoms with Gasteiger partial charge in [0.25, 0.3) is 0 Å². The van der Waals surface area contributed by atoms with Gasteiger partial charge >= 0.3 is 0 Å². The number of hydrogen-bond donors (Lipinski definition) is 0. The van der Waals surface area contributed by atoms with E-state index in [1.165, 1.54) is 27.5 Å². The Balaban J connectivity index is 2.02. The molecule has 3 aromatic carbocycles. The molecule has 0 aliphatic carbocycles. The molecule has 1 aliphatic heterocycles. The van der Waals surface area contributed by atoms with E-state index in [0.29, 0.717) is 6.42 Å². The van der Waals surface area contributed by atoms with Crippen LogP contribution in [0, 0.1) is 6.92 Å². The van der Waals surface area contributed by atoms with E-state index in [9.17, 15) is 4.79 Å². The maximum atomic E-state index is 12.5. The molecule has 114 valence electrons. The molecule has 0 N–H and O–H groups in total. The highest BCUT2D eigenvalue weighted by Crippen LogP contribution is 2.43. The van der Waals surface area contributed by atoms with Gasteiger partial charge in [0.2, 0.25) is 5.91 Å². The summed E-state index contributed by atoms with van der Waals surface area (Å²) in [6, 6.07) is 21.2. The second-order valence-corrected chi connectivity index (χ2v) is 6.34. The summed E-state index contributed by atoms with van der Waals surface area (Å²) < 4.78 is 0. The first-order valence-corrected chi connectivity index (χ1v) is 8.00. The van der Waals surface area contributed by atoms with Gasteiger partial charge < -0.3 is 4.90 Å². The normalized spacial score (nSPS) is 17.4. The van der Waals surface area contributed by atoms with Crippen molar-refractivity contribution in [2.24, 2.45) is 0 Å². The Morgan fingerprint density at radius 1 is 1.00 bits per heavy atom. The molecule has 4 rings (SSSR count). The highest BCUT2D eigenvalue weighted by molar-refractivity contribution is 6.02. The lowest BCUT2D eigenvalue weighted by molar-refractivity contribution is -0.118. The number of anilines is 1. The largest absolute Gasteiger partial charge is 0.315 e. The fourth-order valence-electron chi connectivity index (χ4n) is 3.66. The highest BCUT2D eigenvalue weighted by Gasteiger charge is 2.31. The van der Waals surface area contributed by atoms with Crippen molar-refractivity contribution >= 4 is 22.4 Å². The van der Waals surface area contributed by atoms with Crippen LogP contribution < -0.4 is 4.90 Å². The summed E-state index contributed by atoms with van der Waals surface area (Å²) in [5.41, 5.74) is 4.77. The van der Waals surface area contributed by atoms with Crippen LogP contribution in [-0.2, 0) is 4.79 Å². The lowest BCUT2D eigenvalue weighted by Crippen LogP contribution is -2.33. The Kier molecular flexibility index (Phi) is 3.19. The number of nitrogens with zero attached hydrogens (tertiary/aromatic N) is 1. The van der Waals surface area contributed by atoms with E-state index in [2.05, 4.69) is 67.6 Å². The SMILES string of the molecule is Cc1cccc(C2CC(=O)N(C)c3ccc4ccccc4c32)c1. The zero-order valence-electron chi connectivity index (χ0n) is 13.4. The summed E-state index contributed by atoms with van der Waals surface area (Å²) >= 11 is 0. The van der Waals surface area contributed by atoms with E-state index >= 15 is 0 Å². The van der Waals surface area contributed by atoms with Gasteiger partial charge in [0, 0.05) is 25.1 Å². The number of aryl methyl sites for hydroxylation is 1. The molecule has 0 aromatic heterocycles. The van der Waals surface area contributed by atoms with Crippen LogP contribution in [0.5, 0.6) is 0 Å².